The second-order valence-corrected chi connectivity index (χ2v) is 6.39. The first-order valence-corrected chi connectivity index (χ1v) is 8.44. The normalized spacial score (nSPS) is 10.3. The molecule has 4 N–H and O–H groups in total. The molecule has 0 aliphatic heterocycles. The lowest BCUT2D eigenvalue weighted by Crippen LogP contribution is -2.17. The number of carboxylic acid groups (broad SMARTS) is 1. The molecule has 13 heteroatoms. The molecule has 0 fully saturated rings. The number of amides is 1. The van der Waals surface area contributed by atoms with Gasteiger partial charge in [-0.2, -0.15) is 0 Å². The van der Waals surface area contributed by atoms with Crippen LogP contribution in [-0.4, -0.2) is 32.8 Å². The number of nitro benzene ring substituents is 2. The van der Waals surface area contributed by atoms with Crippen LogP contribution in [0.25, 0.3) is 0 Å². The minimum atomic E-state index is -1.56. The Hall–Kier alpha value is -4.55. The van der Waals surface area contributed by atoms with Gasteiger partial charge >= 0.3 is 17.6 Å². The zero-order valence-electron chi connectivity index (χ0n) is 16.4. The highest BCUT2D eigenvalue weighted by molar-refractivity contribution is 6.03. The fraction of sp³-hybridized carbons (Fsp3) is 0.167. The van der Waals surface area contributed by atoms with E-state index in [-0.39, 0.29) is 22.5 Å². The van der Waals surface area contributed by atoms with Gasteiger partial charge in [0, 0.05) is 36.4 Å². The monoisotopic (exact) mass is 432 g/mol. The van der Waals surface area contributed by atoms with E-state index < -0.39 is 55.9 Å². The molecule has 2 aromatic rings. The lowest BCUT2D eigenvalue weighted by Gasteiger charge is -2.15. The number of nitrogens with two attached hydrogens (primary N) is 1. The molecule has 0 heterocycles. The summed E-state index contributed by atoms with van der Waals surface area (Å²) in [6, 6.07) is 2.62. The standard InChI is InChI=1S/C18H16N4O9/c1-7-4-10(21(27)28)5-11(14(7)19)18(26)31-16-8(2)15(20-9(3)23)12(17(24)25)6-13(16)22(29)30/h4-6H,19H2,1-3H3,(H,20,23)(H,24,25). The van der Waals surface area contributed by atoms with Crippen LogP contribution in [0.15, 0.2) is 18.2 Å². The highest BCUT2D eigenvalue weighted by Crippen LogP contribution is 2.39. The number of esters is 1. The zero-order chi connectivity index (χ0) is 23.6. The molecule has 0 bridgehead atoms. The average Bonchev–Trinajstić information content (AvgIpc) is 2.65. The number of nitrogen functional groups attached to an aromatic ring is 1. The molecule has 0 aliphatic carbocycles. The van der Waals surface area contributed by atoms with Gasteiger partial charge in [-0.05, 0) is 19.4 Å². The molecule has 0 spiro atoms. The number of rotatable bonds is 6. The topological polar surface area (TPSA) is 205 Å². The first kappa shape index (κ1) is 22.7. The van der Waals surface area contributed by atoms with E-state index in [0.29, 0.717) is 6.07 Å². The van der Waals surface area contributed by atoms with Crippen LogP contribution >= 0.6 is 0 Å². The lowest BCUT2D eigenvalue weighted by atomic mass is 10.0. The van der Waals surface area contributed by atoms with E-state index in [1.807, 2.05) is 0 Å². The fourth-order valence-electron chi connectivity index (χ4n) is 2.75. The third-order valence-corrected chi connectivity index (χ3v) is 4.22. The Bertz CT molecular complexity index is 1160. The molecule has 162 valence electrons. The van der Waals surface area contributed by atoms with Crippen LogP contribution in [0.1, 0.15) is 38.8 Å². The highest BCUT2D eigenvalue weighted by Gasteiger charge is 2.30. The van der Waals surface area contributed by atoms with Gasteiger partial charge in [0.1, 0.15) is 0 Å². The van der Waals surface area contributed by atoms with E-state index in [1.54, 1.807) is 0 Å². The Labute approximate surface area is 173 Å². The largest absolute Gasteiger partial charge is 0.478 e. The number of carbonyl (C=O) groups is 3. The molecule has 31 heavy (non-hydrogen) atoms. The summed E-state index contributed by atoms with van der Waals surface area (Å²) in [5.41, 5.74) is 3.03. The minimum absolute atomic E-state index is 0.139. The molecule has 0 aliphatic rings. The predicted octanol–water partition coefficient (Wildman–Crippen LogP) is 2.58. The van der Waals surface area contributed by atoms with Gasteiger partial charge in [0.25, 0.3) is 5.69 Å². The van der Waals surface area contributed by atoms with Gasteiger partial charge in [-0.15, -0.1) is 0 Å². The summed E-state index contributed by atoms with van der Waals surface area (Å²) in [5, 5.41) is 34.1. The molecule has 0 radical (unpaired) electrons. The number of non-ortho nitro benzene ring substituents is 1. The first-order valence-electron chi connectivity index (χ1n) is 8.44. The Balaban J connectivity index is 2.70. The van der Waals surface area contributed by atoms with Gasteiger partial charge in [0.2, 0.25) is 11.7 Å². The maximum Gasteiger partial charge on any atom is 0.346 e. The Morgan fingerprint density at radius 2 is 1.68 bits per heavy atom. The lowest BCUT2D eigenvalue weighted by molar-refractivity contribution is -0.385. The molecule has 0 saturated heterocycles. The molecular weight excluding hydrogens is 416 g/mol. The zero-order valence-corrected chi connectivity index (χ0v) is 16.4. The number of anilines is 2. The van der Waals surface area contributed by atoms with E-state index in [0.717, 1.165) is 19.1 Å². The number of benzene rings is 2. The van der Waals surface area contributed by atoms with Crippen LogP contribution < -0.4 is 15.8 Å². The number of nitrogens with one attached hydrogen (secondary N) is 1. The van der Waals surface area contributed by atoms with E-state index in [2.05, 4.69) is 5.32 Å². The molecule has 13 nitrogen and oxygen atoms in total. The molecular formula is C18H16N4O9. The van der Waals surface area contributed by atoms with E-state index in [9.17, 15) is 39.7 Å². The number of carbonyl (C=O) groups excluding carboxylic acids is 2. The van der Waals surface area contributed by atoms with Crippen molar-refractivity contribution in [1.82, 2.24) is 0 Å². The van der Waals surface area contributed by atoms with Crippen LogP contribution in [0.3, 0.4) is 0 Å². The third-order valence-electron chi connectivity index (χ3n) is 4.22. The Morgan fingerprint density at radius 3 is 2.16 bits per heavy atom. The summed E-state index contributed by atoms with van der Waals surface area (Å²) in [7, 11) is 0. The molecule has 0 aromatic heterocycles. The number of aromatic carboxylic acids is 1. The van der Waals surface area contributed by atoms with Crippen molar-refractivity contribution in [1.29, 1.82) is 0 Å². The van der Waals surface area contributed by atoms with Crippen LogP contribution in [0.2, 0.25) is 0 Å². The smallest absolute Gasteiger partial charge is 0.346 e. The quantitative estimate of drug-likeness (QED) is 0.200. The van der Waals surface area contributed by atoms with Crippen molar-refractivity contribution in [2.24, 2.45) is 0 Å². The summed E-state index contributed by atoms with van der Waals surface area (Å²) in [5.74, 6) is -4.12. The SMILES string of the molecule is CC(=O)Nc1c(C(=O)O)cc([N+](=O)[O-])c(OC(=O)c2cc([N+](=O)[O-])cc(C)c2N)c1C. The molecule has 1 amide bonds. The van der Waals surface area contributed by atoms with Crippen molar-refractivity contribution in [2.75, 3.05) is 11.1 Å². The van der Waals surface area contributed by atoms with Crippen molar-refractivity contribution in [3.8, 4) is 5.75 Å². The van der Waals surface area contributed by atoms with Crippen molar-refractivity contribution in [3.05, 3.63) is 60.7 Å². The molecule has 0 saturated carbocycles. The van der Waals surface area contributed by atoms with Crippen molar-refractivity contribution in [3.63, 3.8) is 0 Å². The molecule has 0 unspecified atom stereocenters. The van der Waals surface area contributed by atoms with Crippen LogP contribution in [0.4, 0.5) is 22.7 Å². The third kappa shape index (κ3) is 4.55. The van der Waals surface area contributed by atoms with Gasteiger partial charge in [-0.25, -0.2) is 9.59 Å². The van der Waals surface area contributed by atoms with Gasteiger partial charge in [0.15, 0.2) is 0 Å². The highest BCUT2D eigenvalue weighted by atomic mass is 16.6. The molecule has 2 aromatic carbocycles. The second-order valence-electron chi connectivity index (χ2n) is 6.39. The first-order chi connectivity index (χ1) is 14.3. The summed E-state index contributed by atoms with van der Waals surface area (Å²) in [4.78, 5) is 56.5. The van der Waals surface area contributed by atoms with Gasteiger partial charge in [-0.3, -0.25) is 25.0 Å². The number of nitrogens with zero attached hydrogens (tertiary/aromatic N) is 2. The average molecular weight is 432 g/mol. The number of aryl methyl sites for hydroxylation is 1. The van der Waals surface area contributed by atoms with Gasteiger partial charge < -0.3 is 20.9 Å². The van der Waals surface area contributed by atoms with E-state index in [4.69, 9.17) is 10.5 Å². The summed E-state index contributed by atoms with van der Waals surface area (Å²) < 4.78 is 5.12. The molecule has 0 atom stereocenters. The van der Waals surface area contributed by atoms with Gasteiger partial charge in [-0.1, -0.05) is 0 Å². The number of nitro groups is 2. The minimum Gasteiger partial charge on any atom is -0.478 e. The molecule has 2 rings (SSSR count). The maximum absolute atomic E-state index is 12.7. The van der Waals surface area contributed by atoms with Crippen molar-refractivity contribution < 1.29 is 34.1 Å². The van der Waals surface area contributed by atoms with Gasteiger partial charge in [0.05, 0.1) is 26.7 Å². The van der Waals surface area contributed by atoms with Crippen LogP contribution in [-0.2, 0) is 4.79 Å². The second kappa shape index (κ2) is 8.44. The fourth-order valence-corrected chi connectivity index (χ4v) is 2.75. The van der Waals surface area contributed by atoms with Crippen molar-refractivity contribution in [2.45, 2.75) is 20.8 Å². The van der Waals surface area contributed by atoms with Crippen LogP contribution in [0, 0.1) is 34.1 Å². The predicted molar refractivity (Wildman–Crippen MR) is 106 cm³/mol. The maximum atomic E-state index is 12.7. The number of carboxylic acids is 1. The summed E-state index contributed by atoms with van der Waals surface area (Å²) >= 11 is 0. The number of hydrogen-bond acceptors (Lipinski definition) is 9. The Morgan fingerprint density at radius 1 is 1.06 bits per heavy atom. The number of ether oxygens (including phenoxy) is 1. The summed E-state index contributed by atoms with van der Waals surface area (Å²) in [6.45, 7) is 3.71. The number of hydrogen-bond donors (Lipinski definition) is 3. The van der Waals surface area contributed by atoms with Crippen molar-refractivity contribution >= 4 is 40.6 Å². The van der Waals surface area contributed by atoms with E-state index >= 15 is 0 Å². The van der Waals surface area contributed by atoms with E-state index in [1.165, 1.54) is 13.8 Å². The summed E-state index contributed by atoms with van der Waals surface area (Å²) in [6.07, 6.45) is 0. The van der Waals surface area contributed by atoms with Crippen LogP contribution in [0.5, 0.6) is 5.75 Å². The Kier molecular flexibility index (Phi) is 6.19.